The largest absolute Gasteiger partial charge is 0.486 e. The molecule has 3 aromatic heterocycles. The highest BCUT2D eigenvalue weighted by Gasteiger charge is 2.28. The van der Waals surface area contributed by atoms with Crippen molar-refractivity contribution in [2.24, 2.45) is 0 Å². The molecule has 1 aliphatic heterocycles. The van der Waals surface area contributed by atoms with Crippen molar-refractivity contribution in [1.29, 1.82) is 0 Å². The van der Waals surface area contributed by atoms with E-state index in [9.17, 15) is 9.18 Å². The lowest BCUT2D eigenvalue weighted by molar-refractivity contribution is -0.131. The molecule has 7 nitrogen and oxygen atoms in total. The summed E-state index contributed by atoms with van der Waals surface area (Å²) in [5.74, 6) is 0.0612. The number of carbonyl (C=O) groups is 1. The lowest BCUT2D eigenvalue weighted by atomic mass is 9.91. The Bertz CT molecular complexity index is 1740. The van der Waals surface area contributed by atoms with E-state index in [1.165, 1.54) is 18.3 Å². The lowest BCUT2D eigenvalue weighted by Crippen LogP contribution is -2.40. The zero-order chi connectivity index (χ0) is 27.8. The van der Waals surface area contributed by atoms with Crippen LogP contribution in [-0.4, -0.2) is 46.6 Å². The van der Waals surface area contributed by atoms with Gasteiger partial charge in [0.1, 0.15) is 41.3 Å². The Morgan fingerprint density at radius 1 is 1.15 bits per heavy atom. The van der Waals surface area contributed by atoms with Crippen LogP contribution in [0.1, 0.15) is 22.9 Å². The highest BCUT2D eigenvalue weighted by Crippen LogP contribution is 2.40. The predicted molar refractivity (Wildman–Crippen MR) is 155 cm³/mol. The molecule has 0 radical (unpaired) electrons. The van der Waals surface area contributed by atoms with Crippen LogP contribution in [0, 0.1) is 5.82 Å². The van der Waals surface area contributed by atoms with Gasteiger partial charge in [0, 0.05) is 48.4 Å². The van der Waals surface area contributed by atoms with Gasteiger partial charge in [-0.25, -0.2) is 4.39 Å². The van der Waals surface area contributed by atoms with Crippen LogP contribution in [0.15, 0.2) is 66.2 Å². The first-order valence-corrected chi connectivity index (χ1v) is 14.0. The monoisotopic (exact) mass is 573 g/mol. The Morgan fingerprint density at radius 3 is 2.83 bits per heavy atom. The number of nitrogens with one attached hydrogen (secondary N) is 1. The van der Waals surface area contributed by atoms with Crippen LogP contribution in [-0.2, 0) is 17.8 Å². The molecular formula is C30H25ClFN5O2S. The molecule has 0 saturated carbocycles. The number of amides is 1. The Balaban J connectivity index is 1.37. The molecule has 0 spiro atoms. The number of aromatic nitrogens is 3. The van der Waals surface area contributed by atoms with E-state index in [0.29, 0.717) is 22.0 Å². The second kappa shape index (κ2) is 10.9. The predicted octanol–water partition coefficient (Wildman–Crippen LogP) is 6.07. The number of halogens is 2. The third kappa shape index (κ3) is 4.92. The van der Waals surface area contributed by atoms with Crippen LogP contribution < -0.4 is 10.1 Å². The molecule has 1 aliphatic rings. The average molecular weight is 574 g/mol. The molecule has 0 aliphatic carbocycles. The summed E-state index contributed by atoms with van der Waals surface area (Å²) in [6, 6.07) is 16.0. The zero-order valence-electron chi connectivity index (χ0n) is 21.8. The number of likely N-dealkylation sites (N-methyl/N-ethyl adjacent to an activating group) is 1. The van der Waals surface area contributed by atoms with Gasteiger partial charge in [-0.1, -0.05) is 23.7 Å². The molecule has 10 heteroatoms. The van der Waals surface area contributed by atoms with Gasteiger partial charge < -0.3 is 15.0 Å². The minimum absolute atomic E-state index is 0.0323. The number of nitrogens with zero attached hydrogens (tertiary/aromatic N) is 4. The normalized spacial score (nSPS) is 14.7. The van der Waals surface area contributed by atoms with E-state index in [1.807, 2.05) is 29.6 Å². The van der Waals surface area contributed by atoms with E-state index in [1.54, 1.807) is 42.5 Å². The maximum Gasteiger partial charge on any atom is 0.243 e. The van der Waals surface area contributed by atoms with Gasteiger partial charge in [0.15, 0.2) is 0 Å². The number of thiophene rings is 1. The molecular weight excluding hydrogens is 549 g/mol. The Morgan fingerprint density at radius 2 is 2.00 bits per heavy atom. The number of ether oxygens (including phenoxy) is 1. The molecule has 202 valence electrons. The minimum Gasteiger partial charge on any atom is -0.486 e. The van der Waals surface area contributed by atoms with Gasteiger partial charge in [-0.05, 0) is 65.4 Å². The van der Waals surface area contributed by atoms with E-state index < -0.39 is 5.82 Å². The first kappa shape index (κ1) is 26.3. The van der Waals surface area contributed by atoms with Crippen molar-refractivity contribution in [2.75, 3.05) is 20.6 Å². The Labute approximate surface area is 239 Å². The summed E-state index contributed by atoms with van der Waals surface area (Å²) in [4.78, 5) is 18.4. The van der Waals surface area contributed by atoms with Gasteiger partial charge in [-0.15, -0.1) is 21.5 Å². The number of pyridine rings is 1. The number of benzene rings is 2. The van der Waals surface area contributed by atoms with E-state index >= 15 is 0 Å². The molecule has 1 unspecified atom stereocenters. The third-order valence-electron chi connectivity index (χ3n) is 6.94. The molecule has 1 N–H and O–H groups in total. The molecule has 0 saturated heterocycles. The second-order valence-electron chi connectivity index (χ2n) is 9.71. The fourth-order valence-electron chi connectivity index (χ4n) is 4.94. The quantitative estimate of drug-likeness (QED) is 0.266. The van der Waals surface area contributed by atoms with Gasteiger partial charge in [-0.3, -0.25) is 9.78 Å². The first-order valence-electron chi connectivity index (χ1n) is 12.7. The molecule has 0 bridgehead atoms. The maximum absolute atomic E-state index is 14.2. The van der Waals surface area contributed by atoms with Gasteiger partial charge in [0.05, 0.1) is 4.70 Å². The summed E-state index contributed by atoms with van der Waals surface area (Å²) in [6.07, 6.45) is 2.35. The van der Waals surface area contributed by atoms with E-state index in [2.05, 4.69) is 26.6 Å². The van der Waals surface area contributed by atoms with Crippen LogP contribution in [0.5, 0.6) is 5.75 Å². The van der Waals surface area contributed by atoms with Gasteiger partial charge in [-0.2, -0.15) is 0 Å². The smallest absolute Gasteiger partial charge is 0.243 e. The molecule has 2 aromatic carbocycles. The molecule has 40 heavy (non-hydrogen) atoms. The Hall–Kier alpha value is -3.92. The van der Waals surface area contributed by atoms with Gasteiger partial charge >= 0.3 is 0 Å². The van der Waals surface area contributed by atoms with Crippen molar-refractivity contribution in [3.05, 3.63) is 93.8 Å². The van der Waals surface area contributed by atoms with Crippen molar-refractivity contribution < 1.29 is 13.9 Å². The van der Waals surface area contributed by atoms with Crippen LogP contribution in [0.4, 0.5) is 4.39 Å². The van der Waals surface area contributed by atoms with Crippen molar-refractivity contribution in [2.45, 2.75) is 19.1 Å². The number of carbonyl (C=O) groups excluding carboxylic acids is 1. The fourth-order valence-corrected chi connectivity index (χ4v) is 6.00. The minimum atomic E-state index is -0.436. The van der Waals surface area contributed by atoms with Crippen LogP contribution in [0.2, 0.25) is 5.02 Å². The van der Waals surface area contributed by atoms with Crippen LogP contribution >= 0.6 is 22.9 Å². The summed E-state index contributed by atoms with van der Waals surface area (Å²) in [5, 5.41) is 16.1. The molecule has 5 aromatic rings. The SMILES string of the molecule is CN(C)C(=O)C1NCCc2cc(-c3nnc(-c4ccc(Cl)cc4OCc4ncccc4F)c4sccc34)ccc21. The first-order chi connectivity index (χ1) is 19.4. The summed E-state index contributed by atoms with van der Waals surface area (Å²) in [6.45, 7) is 0.668. The van der Waals surface area contributed by atoms with Crippen molar-refractivity contribution in [1.82, 2.24) is 25.4 Å². The van der Waals surface area contributed by atoms with Crippen LogP contribution in [0.25, 0.3) is 32.6 Å². The highest BCUT2D eigenvalue weighted by molar-refractivity contribution is 7.17. The lowest BCUT2D eigenvalue weighted by Gasteiger charge is -2.28. The number of rotatable bonds is 6. The van der Waals surface area contributed by atoms with Gasteiger partial charge in [0.25, 0.3) is 0 Å². The number of hydrogen-bond donors (Lipinski definition) is 1. The van der Waals surface area contributed by atoms with Crippen LogP contribution in [0.3, 0.4) is 0 Å². The van der Waals surface area contributed by atoms with Gasteiger partial charge in [0.2, 0.25) is 5.91 Å². The Kier molecular flexibility index (Phi) is 7.18. The summed E-state index contributed by atoms with van der Waals surface area (Å²) < 4.78 is 21.1. The number of fused-ring (bicyclic) bond motifs is 2. The molecule has 6 rings (SSSR count). The van der Waals surface area contributed by atoms with Crippen molar-refractivity contribution >= 4 is 38.9 Å². The molecule has 1 atom stereocenters. The zero-order valence-corrected chi connectivity index (χ0v) is 23.4. The molecule has 0 fully saturated rings. The van der Waals surface area contributed by atoms with E-state index in [-0.39, 0.29) is 24.2 Å². The highest BCUT2D eigenvalue weighted by atomic mass is 35.5. The van der Waals surface area contributed by atoms with E-state index in [4.69, 9.17) is 16.3 Å². The standard InChI is InChI=1S/C30H25ClFN5O2S/c1-37(2)30(38)28-20-7-5-18(14-17(20)9-12-34-28)26-22-10-13-40-29(22)27(36-35-26)21-8-6-19(31)15-25(21)39-16-24-23(32)4-3-11-33-24/h3-8,10-11,13-15,28,34H,9,12,16H2,1-2H3. The molecule has 1 amide bonds. The topological polar surface area (TPSA) is 80.2 Å². The summed E-state index contributed by atoms with van der Waals surface area (Å²) in [5.41, 5.74) is 5.39. The third-order valence-corrected chi connectivity index (χ3v) is 8.10. The maximum atomic E-state index is 14.2. The van der Waals surface area contributed by atoms with Crippen molar-refractivity contribution in [3.8, 4) is 28.3 Å². The summed E-state index contributed by atoms with van der Waals surface area (Å²) >= 11 is 7.85. The summed E-state index contributed by atoms with van der Waals surface area (Å²) in [7, 11) is 3.54. The average Bonchev–Trinajstić information content (AvgIpc) is 3.46. The molecule has 4 heterocycles. The number of hydrogen-bond acceptors (Lipinski definition) is 7. The van der Waals surface area contributed by atoms with Crippen molar-refractivity contribution in [3.63, 3.8) is 0 Å². The second-order valence-corrected chi connectivity index (χ2v) is 11.1. The fraction of sp³-hybridized carbons (Fsp3) is 0.200. The van der Waals surface area contributed by atoms with E-state index in [0.717, 1.165) is 45.4 Å².